The minimum atomic E-state index is -1.17. The van der Waals surface area contributed by atoms with Crippen LogP contribution in [0.4, 0.5) is 5.69 Å². The quantitative estimate of drug-likeness (QED) is 0.443. The zero-order chi connectivity index (χ0) is 28.7. The Kier molecular flexibility index (Phi) is 8.35. The number of ether oxygens (including phenoxy) is 1. The van der Waals surface area contributed by atoms with E-state index in [2.05, 4.69) is 27.4 Å². The second kappa shape index (κ2) is 11.8. The lowest BCUT2D eigenvalue weighted by Crippen LogP contribution is -2.57. The third-order valence-corrected chi connectivity index (χ3v) is 10.4. The van der Waals surface area contributed by atoms with Gasteiger partial charge in [0.15, 0.2) is 0 Å². The molecule has 0 aromatic heterocycles. The average molecular weight is 605 g/mol. The van der Waals surface area contributed by atoms with Crippen LogP contribution in [0.15, 0.2) is 30.4 Å². The van der Waals surface area contributed by atoms with E-state index in [1.807, 2.05) is 12.2 Å². The van der Waals surface area contributed by atoms with Crippen molar-refractivity contribution in [3.63, 3.8) is 0 Å². The SMILES string of the molecule is CCN1CCN(CCN2C(=O)C3C(C(=O)Nc4ccc(Cl)c(Cl)c4)C4C=CC3(O4)C2C(=O)NC2CCCCC2)CC1. The number of carbonyl (C=O) groups is 3. The van der Waals surface area contributed by atoms with Gasteiger partial charge in [0, 0.05) is 51.0 Å². The van der Waals surface area contributed by atoms with E-state index in [9.17, 15) is 14.4 Å². The van der Waals surface area contributed by atoms with Gasteiger partial charge in [-0.05, 0) is 37.6 Å². The lowest BCUT2D eigenvalue weighted by atomic mass is 9.74. The maximum atomic E-state index is 14.2. The smallest absolute Gasteiger partial charge is 0.246 e. The molecule has 4 aliphatic heterocycles. The van der Waals surface area contributed by atoms with Gasteiger partial charge in [-0.15, -0.1) is 0 Å². The second-order valence-corrected chi connectivity index (χ2v) is 12.8. The van der Waals surface area contributed by atoms with E-state index in [0.717, 1.165) is 58.4 Å². The third-order valence-electron chi connectivity index (χ3n) is 9.63. The summed E-state index contributed by atoms with van der Waals surface area (Å²) in [7, 11) is 0. The summed E-state index contributed by atoms with van der Waals surface area (Å²) in [6.07, 6.45) is 8.38. The highest BCUT2D eigenvalue weighted by Gasteiger charge is 2.72. The van der Waals surface area contributed by atoms with Crippen molar-refractivity contribution in [1.82, 2.24) is 20.0 Å². The summed E-state index contributed by atoms with van der Waals surface area (Å²) in [6.45, 7) is 8.13. The predicted molar refractivity (Wildman–Crippen MR) is 158 cm³/mol. The van der Waals surface area contributed by atoms with Crippen molar-refractivity contribution in [2.45, 2.75) is 62.8 Å². The van der Waals surface area contributed by atoms with Gasteiger partial charge in [0.1, 0.15) is 11.6 Å². The Bertz CT molecular complexity index is 1220. The Labute approximate surface area is 251 Å². The molecule has 4 fully saturated rings. The number of carbonyl (C=O) groups excluding carboxylic acids is 3. The summed E-state index contributed by atoms with van der Waals surface area (Å²) in [5.74, 6) is -2.24. The van der Waals surface area contributed by atoms with Crippen molar-refractivity contribution in [2.24, 2.45) is 11.8 Å². The van der Waals surface area contributed by atoms with Crippen LogP contribution in [0.2, 0.25) is 10.0 Å². The zero-order valence-electron chi connectivity index (χ0n) is 23.5. The van der Waals surface area contributed by atoms with Crippen molar-refractivity contribution < 1.29 is 19.1 Å². The van der Waals surface area contributed by atoms with Crippen LogP contribution in [0, 0.1) is 11.8 Å². The van der Waals surface area contributed by atoms with E-state index in [4.69, 9.17) is 27.9 Å². The number of nitrogens with zero attached hydrogens (tertiary/aromatic N) is 3. The Morgan fingerprint density at radius 3 is 2.44 bits per heavy atom. The Hall–Kier alpha value is -2.17. The number of halogens is 2. The molecule has 2 N–H and O–H groups in total. The molecular formula is C30H39Cl2N5O4. The van der Waals surface area contributed by atoms with Gasteiger partial charge in [-0.3, -0.25) is 19.3 Å². The number of amides is 3. The van der Waals surface area contributed by atoms with Gasteiger partial charge < -0.3 is 25.2 Å². The van der Waals surface area contributed by atoms with Crippen molar-refractivity contribution in [3.8, 4) is 0 Å². The molecule has 6 rings (SSSR count). The molecule has 222 valence electrons. The number of nitrogens with one attached hydrogen (secondary N) is 2. The van der Waals surface area contributed by atoms with E-state index in [-0.39, 0.29) is 23.8 Å². The summed E-state index contributed by atoms with van der Waals surface area (Å²) in [4.78, 5) is 48.3. The van der Waals surface area contributed by atoms with Crippen LogP contribution < -0.4 is 10.6 Å². The number of hydrogen-bond acceptors (Lipinski definition) is 6. The highest BCUT2D eigenvalue weighted by atomic mass is 35.5. The van der Waals surface area contributed by atoms with E-state index in [1.165, 1.54) is 6.42 Å². The number of likely N-dealkylation sites (N-methyl/N-ethyl adjacent to an activating group) is 1. The molecule has 11 heteroatoms. The monoisotopic (exact) mass is 603 g/mol. The number of fused-ring (bicyclic) bond motifs is 1. The van der Waals surface area contributed by atoms with Crippen LogP contribution in [0.3, 0.4) is 0 Å². The molecule has 1 saturated carbocycles. The first kappa shape index (κ1) is 28.9. The molecule has 9 nitrogen and oxygen atoms in total. The van der Waals surface area contributed by atoms with Crippen LogP contribution in [0.5, 0.6) is 0 Å². The number of benzene rings is 1. The highest BCUT2D eigenvalue weighted by molar-refractivity contribution is 6.42. The van der Waals surface area contributed by atoms with E-state index in [1.54, 1.807) is 23.1 Å². The molecule has 5 unspecified atom stereocenters. The van der Waals surface area contributed by atoms with Gasteiger partial charge in [-0.25, -0.2) is 0 Å². The van der Waals surface area contributed by atoms with Crippen LogP contribution in [-0.4, -0.2) is 102 Å². The maximum absolute atomic E-state index is 14.2. The lowest BCUT2D eigenvalue weighted by Gasteiger charge is -2.37. The largest absolute Gasteiger partial charge is 0.359 e. The summed E-state index contributed by atoms with van der Waals surface area (Å²) in [6, 6.07) is 4.16. The van der Waals surface area contributed by atoms with Gasteiger partial charge in [0.25, 0.3) is 0 Å². The van der Waals surface area contributed by atoms with Gasteiger partial charge >= 0.3 is 0 Å². The Morgan fingerprint density at radius 2 is 1.73 bits per heavy atom. The molecule has 1 spiro atoms. The number of likely N-dealkylation sites (tertiary alicyclic amines) is 1. The fraction of sp³-hybridized carbons (Fsp3) is 0.633. The molecule has 5 aliphatic rings. The second-order valence-electron chi connectivity index (χ2n) is 12.0. The highest BCUT2D eigenvalue weighted by Crippen LogP contribution is 2.55. The van der Waals surface area contributed by atoms with Crippen molar-refractivity contribution >= 4 is 46.6 Å². The van der Waals surface area contributed by atoms with Crippen LogP contribution in [0.1, 0.15) is 39.0 Å². The van der Waals surface area contributed by atoms with E-state index in [0.29, 0.717) is 28.8 Å². The van der Waals surface area contributed by atoms with Crippen LogP contribution in [-0.2, 0) is 19.1 Å². The lowest BCUT2D eigenvalue weighted by molar-refractivity contribution is -0.141. The van der Waals surface area contributed by atoms with Gasteiger partial charge in [-0.1, -0.05) is 61.5 Å². The number of hydrogen-bond donors (Lipinski definition) is 2. The van der Waals surface area contributed by atoms with Gasteiger partial charge in [0.05, 0.1) is 28.0 Å². The summed E-state index contributed by atoms with van der Waals surface area (Å²) >= 11 is 12.2. The normalized spacial score (nSPS) is 32.0. The average Bonchev–Trinajstić information content (AvgIpc) is 3.62. The minimum absolute atomic E-state index is 0.0992. The molecule has 1 aromatic carbocycles. The molecule has 0 radical (unpaired) electrons. The van der Waals surface area contributed by atoms with E-state index < -0.39 is 29.6 Å². The summed E-state index contributed by atoms with van der Waals surface area (Å²) in [5.41, 5.74) is -0.675. The first-order valence-corrected chi connectivity index (χ1v) is 15.7. The molecule has 3 amide bonds. The van der Waals surface area contributed by atoms with Gasteiger partial charge in [-0.2, -0.15) is 0 Å². The number of piperazine rings is 1. The summed E-state index contributed by atoms with van der Waals surface area (Å²) < 4.78 is 6.48. The molecule has 41 heavy (non-hydrogen) atoms. The number of anilines is 1. The Balaban J connectivity index is 1.24. The fourth-order valence-electron chi connectivity index (χ4n) is 7.41. The van der Waals surface area contributed by atoms with E-state index >= 15 is 0 Å². The van der Waals surface area contributed by atoms with Crippen molar-refractivity contribution in [1.29, 1.82) is 0 Å². The molecule has 4 heterocycles. The van der Waals surface area contributed by atoms with Crippen LogP contribution >= 0.6 is 23.2 Å². The maximum Gasteiger partial charge on any atom is 0.246 e. The minimum Gasteiger partial charge on any atom is -0.359 e. The van der Waals surface area contributed by atoms with Crippen molar-refractivity contribution in [2.75, 3.05) is 51.1 Å². The molecule has 2 bridgehead atoms. The fourth-order valence-corrected chi connectivity index (χ4v) is 7.71. The standard InChI is InChI=1S/C30H39Cl2N5O4/c1-2-35-12-14-36(15-13-35)16-17-37-26(28(39)33-19-6-4-3-5-7-19)30-11-10-23(41-30)24(25(30)29(37)40)27(38)34-20-8-9-21(31)22(32)18-20/h8-11,18-19,23-26H,2-7,12-17H2,1H3,(H,33,39)(H,34,38). The number of rotatable bonds is 8. The molecule has 1 aromatic rings. The molecular weight excluding hydrogens is 565 g/mol. The topological polar surface area (TPSA) is 94.2 Å². The van der Waals surface area contributed by atoms with Crippen LogP contribution in [0.25, 0.3) is 0 Å². The first-order chi connectivity index (χ1) is 19.8. The predicted octanol–water partition coefficient (Wildman–Crippen LogP) is 3.17. The summed E-state index contributed by atoms with van der Waals surface area (Å²) in [5, 5.41) is 6.87. The molecule has 3 saturated heterocycles. The third kappa shape index (κ3) is 5.40. The first-order valence-electron chi connectivity index (χ1n) is 15.0. The zero-order valence-corrected chi connectivity index (χ0v) is 25.0. The molecule has 5 atom stereocenters. The Morgan fingerprint density at radius 1 is 1.00 bits per heavy atom. The van der Waals surface area contributed by atoms with Gasteiger partial charge in [0.2, 0.25) is 17.7 Å². The molecule has 1 aliphatic carbocycles. The van der Waals surface area contributed by atoms with Crippen molar-refractivity contribution in [3.05, 3.63) is 40.4 Å².